The predicted octanol–water partition coefficient (Wildman–Crippen LogP) is -5.50. The van der Waals surface area contributed by atoms with Gasteiger partial charge in [0.2, 0.25) is 0 Å². The Balaban J connectivity index is 0. The Morgan fingerprint density at radius 2 is 1.25 bits per heavy atom. The van der Waals surface area contributed by atoms with Gasteiger partial charge in [0.05, 0.1) is 0 Å². The molecule has 0 aromatic heterocycles. The molecular weight excluding hydrogens is 138 g/mol. The molecule has 0 aromatic rings. The standard InChI is InChI=1S/Ca.ClH.K.Na.4H/h;1H;;;;;;/q+2;;2*+1;4*-1. The third-order valence-corrected chi connectivity index (χ3v) is 0. The van der Waals surface area contributed by atoms with Gasteiger partial charge in [-0.25, -0.2) is 0 Å². The van der Waals surface area contributed by atoms with Crippen molar-refractivity contribution < 1.29 is 86.6 Å². The van der Waals surface area contributed by atoms with E-state index in [1.807, 2.05) is 0 Å². The quantitative estimate of drug-likeness (QED) is 0.296. The van der Waals surface area contributed by atoms with Crippen molar-refractivity contribution in [1.82, 2.24) is 0 Å². The van der Waals surface area contributed by atoms with Crippen molar-refractivity contribution in [2.24, 2.45) is 0 Å². The van der Waals surface area contributed by atoms with Gasteiger partial charge in [-0.2, -0.15) is 0 Å². The molecule has 0 bridgehead atoms. The minimum atomic E-state index is 0. The van der Waals surface area contributed by atoms with E-state index in [0.717, 1.165) is 0 Å². The van der Waals surface area contributed by atoms with E-state index in [1.54, 1.807) is 0 Å². The largest absolute Gasteiger partial charge is 2.00 e. The second kappa shape index (κ2) is 15.7. The summed E-state index contributed by atoms with van der Waals surface area (Å²) in [6.07, 6.45) is 0. The van der Waals surface area contributed by atoms with Gasteiger partial charge < -0.3 is 5.71 Å². The van der Waals surface area contributed by atoms with Crippen molar-refractivity contribution >= 4 is 50.1 Å². The van der Waals surface area contributed by atoms with Gasteiger partial charge in [0.1, 0.15) is 0 Å². The number of hydrogen-bond donors (Lipinski definition) is 0. The first-order valence-electron chi connectivity index (χ1n) is 0. The maximum atomic E-state index is 0. The average molecular weight is 143 g/mol. The van der Waals surface area contributed by atoms with Crippen LogP contribution in [0.15, 0.2) is 0 Å². The molecule has 0 saturated carbocycles. The third-order valence-electron chi connectivity index (χ3n) is 0. The third kappa shape index (κ3) is 9.49. The molecule has 0 aromatic carbocycles. The van der Waals surface area contributed by atoms with Crippen LogP contribution in [-0.4, -0.2) is 37.7 Å². The van der Waals surface area contributed by atoms with Crippen LogP contribution in [0.5, 0.6) is 0 Å². The Bertz CT molecular complexity index is 16.0. The summed E-state index contributed by atoms with van der Waals surface area (Å²) >= 11 is 0. The molecular formula is H5CaClKNa. The van der Waals surface area contributed by atoms with Gasteiger partial charge in [0, 0.05) is 0 Å². The van der Waals surface area contributed by atoms with Crippen molar-refractivity contribution in [3.8, 4) is 0 Å². The molecule has 0 atom stereocenters. The maximum absolute atomic E-state index is 0. The van der Waals surface area contributed by atoms with Gasteiger partial charge in [-0.05, 0) is 0 Å². The first kappa shape index (κ1) is 24.1. The van der Waals surface area contributed by atoms with Crippen LogP contribution in [0.3, 0.4) is 0 Å². The zero-order valence-corrected chi connectivity index (χ0v) is 11.3. The smallest absolute Gasteiger partial charge is 1.00 e. The van der Waals surface area contributed by atoms with E-state index < -0.39 is 0 Å². The molecule has 4 heavy (non-hydrogen) atoms. The average Bonchev–Trinajstić information content (AvgIpc) is 0. The van der Waals surface area contributed by atoms with E-state index in [9.17, 15) is 0 Å². The minimum Gasteiger partial charge on any atom is -1.00 e. The summed E-state index contributed by atoms with van der Waals surface area (Å²) in [7, 11) is 0. The van der Waals surface area contributed by atoms with E-state index in [1.165, 1.54) is 0 Å². The fourth-order valence-corrected chi connectivity index (χ4v) is 0. The fourth-order valence-electron chi connectivity index (χ4n) is 0. The summed E-state index contributed by atoms with van der Waals surface area (Å²) in [6.45, 7) is 0. The molecule has 0 spiro atoms. The molecule has 0 nitrogen and oxygen atoms in total. The summed E-state index contributed by atoms with van der Waals surface area (Å²) < 4.78 is 0. The molecule has 0 rings (SSSR count). The van der Waals surface area contributed by atoms with E-state index in [4.69, 9.17) is 0 Å². The van der Waals surface area contributed by atoms with E-state index in [-0.39, 0.29) is 137 Å². The van der Waals surface area contributed by atoms with Gasteiger partial charge in [0.25, 0.3) is 0 Å². The second-order valence-electron chi connectivity index (χ2n) is 0. The van der Waals surface area contributed by atoms with Crippen molar-refractivity contribution in [2.75, 3.05) is 0 Å². The van der Waals surface area contributed by atoms with Crippen molar-refractivity contribution in [2.45, 2.75) is 0 Å². The van der Waals surface area contributed by atoms with E-state index >= 15 is 0 Å². The van der Waals surface area contributed by atoms with Gasteiger partial charge in [-0.15, -0.1) is 12.4 Å². The molecule has 0 fully saturated rings. The first-order chi connectivity index (χ1) is 0. The summed E-state index contributed by atoms with van der Waals surface area (Å²) in [5.74, 6) is 0. The van der Waals surface area contributed by atoms with E-state index in [2.05, 4.69) is 0 Å². The van der Waals surface area contributed by atoms with Crippen LogP contribution in [0.2, 0.25) is 0 Å². The molecule has 16 valence electrons. The normalized spacial score (nSPS) is 0. The van der Waals surface area contributed by atoms with Crippen LogP contribution in [0.1, 0.15) is 5.71 Å². The maximum Gasteiger partial charge on any atom is 2.00 e. The first-order valence-corrected chi connectivity index (χ1v) is 0. The Labute approximate surface area is 133 Å². The molecule has 4 heteroatoms. The van der Waals surface area contributed by atoms with Crippen molar-refractivity contribution in [3.05, 3.63) is 0 Å². The Kier molecular flexibility index (Phi) is 94.6. The molecule has 0 amide bonds. The summed E-state index contributed by atoms with van der Waals surface area (Å²) in [6, 6.07) is 0. The van der Waals surface area contributed by atoms with Gasteiger partial charge in [0.15, 0.2) is 0 Å². The molecule has 0 N–H and O–H groups in total. The molecule has 0 radical (unpaired) electrons. The molecule has 0 aliphatic carbocycles. The van der Waals surface area contributed by atoms with Crippen LogP contribution in [0.25, 0.3) is 0 Å². The predicted molar refractivity (Wildman–Crippen MR) is 17.4 cm³/mol. The summed E-state index contributed by atoms with van der Waals surface area (Å²) in [5, 5.41) is 0. The topological polar surface area (TPSA) is 0 Å². The Morgan fingerprint density at radius 1 is 1.25 bits per heavy atom. The SMILES string of the molecule is Cl.[Ca+2].[H-].[H-].[H-].[H-].[K+].[Na+]. The van der Waals surface area contributed by atoms with Gasteiger partial charge in [-0.1, -0.05) is 0 Å². The van der Waals surface area contributed by atoms with Crippen LogP contribution < -0.4 is 80.9 Å². The van der Waals surface area contributed by atoms with Crippen LogP contribution >= 0.6 is 12.4 Å². The van der Waals surface area contributed by atoms with E-state index in [0.29, 0.717) is 0 Å². The number of halogens is 1. The molecule has 0 saturated heterocycles. The van der Waals surface area contributed by atoms with Crippen LogP contribution in [0.4, 0.5) is 0 Å². The number of hydrogen-bond acceptors (Lipinski definition) is 0. The Hall–Kier alpha value is 4.19. The van der Waals surface area contributed by atoms with Gasteiger partial charge in [-0.3, -0.25) is 0 Å². The van der Waals surface area contributed by atoms with Crippen molar-refractivity contribution in [1.29, 1.82) is 0 Å². The van der Waals surface area contributed by atoms with Crippen LogP contribution in [-0.2, 0) is 0 Å². The molecule has 0 unspecified atom stereocenters. The molecule has 0 aliphatic rings. The summed E-state index contributed by atoms with van der Waals surface area (Å²) in [5.41, 5.74) is 0. The second-order valence-corrected chi connectivity index (χ2v) is 0. The Morgan fingerprint density at radius 3 is 1.25 bits per heavy atom. The number of rotatable bonds is 0. The summed E-state index contributed by atoms with van der Waals surface area (Å²) in [4.78, 5) is 0. The van der Waals surface area contributed by atoms with Gasteiger partial charge >= 0.3 is 119 Å². The molecule has 0 heterocycles. The fraction of sp³-hybridized carbons (Fsp3) is 0. The minimum absolute atomic E-state index is 0. The molecule has 0 aliphatic heterocycles. The van der Waals surface area contributed by atoms with Crippen LogP contribution in [0, 0.1) is 0 Å². The van der Waals surface area contributed by atoms with Crippen molar-refractivity contribution in [3.63, 3.8) is 0 Å². The monoisotopic (exact) mass is 142 g/mol. The zero-order chi connectivity index (χ0) is 0. The zero-order valence-electron chi connectivity index (χ0n) is 7.12.